The van der Waals surface area contributed by atoms with Crippen LogP contribution >= 0.6 is 0 Å². The van der Waals surface area contributed by atoms with E-state index < -0.39 is 5.60 Å². The number of piperidine rings is 1. The number of likely N-dealkylation sites (tertiary alicyclic amines) is 1. The molecule has 0 spiro atoms. The minimum atomic E-state index is -0.476. The van der Waals surface area contributed by atoms with E-state index in [0.717, 1.165) is 25.4 Å². The van der Waals surface area contributed by atoms with Crippen molar-refractivity contribution in [3.8, 4) is 5.75 Å². The van der Waals surface area contributed by atoms with Gasteiger partial charge in [-0.1, -0.05) is 55.3 Å². The van der Waals surface area contributed by atoms with Gasteiger partial charge in [0, 0.05) is 19.6 Å². The molecule has 216 valence electrons. The number of benzene rings is 2. The van der Waals surface area contributed by atoms with Crippen LogP contribution in [0.1, 0.15) is 81.9 Å². The number of ether oxygens (including phenoxy) is 2. The zero-order valence-corrected chi connectivity index (χ0v) is 25.0. The molecule has 2 aromatic rings. The topological polar surface area (TPSA) is 54.0 Å². The van der Waals surface area contributed by atoms with Crippen LogP contribution in [0.3, 0.4) is 0 Å². The number of aryl methyl sites for hydroxylation is 1. The lowest BCUT2D eigenvalue weighted by atomic mass is 9.88. The molecule has 0 radical (unpaired) electrons. The van der Waals surface area contributed by atoms with Gasteiger partial charge >= 0.3 is 6.09 Å². The van der Waals surface area contributed by atoms with Gasteiger partial charge in [-0.15, -0.1) is 0 Å². The maximum atomic E-state index is 12.1. The first-order valence-corrected chi connectivity index (χ1v) is 14.8. The molecule has 1 N–H and O–H groups in total. The molecule has 1 heterocycles. The molecule has 0 atom stereocenters. The van der Waals surface area contributed by atoms with E-state index in [-0.39, 0.29) is 6.09 Å². The molecule has 0 aliphatic carbocycles. The van der Waals surface area contributed by atoms with Gasteiger partial charge in [0.25, 0.3) is 0 Å². The van der Waals surface area contributed by atoms with Crippen molar-refractivity contribution >= 4 is 6.09 Å². The fraction of sp³-hybridized carbons (Fsp3) is 0.606. The number of methoxy groups -OCH3 is 1. The van der Waals surface area contributed by atoms with Crippen molar-refractivity contribution in [2.75, 3.05) is 46.4 Å². The summed E-state index contributed by atoms with van der Waals surface area (Å²) < 4.78 is 11.0. The molecule has 0 aromatic heterocycles. The first-order valence-electron chi connectivity index (χ1n) is 14.8. The van der Waals surface area contributed by atoms with Crippen LogP contribution in [-0.2, 0) is 11.3 Å². The number of nitrogens with one attached hydrogen (secondary N) is 1. The Morgan fingerprint density at radius 1 is 0.974 bits per heavy atom. The van der Waals surface area contributed by atoms with Gasteiger partial charge in [0.1, 0.15) is 11.4 Å². The Bertz CT molecular complexity index is 996. The molecule has 39 heavy (non-hydrogen) atoms. The van der Waals surface area contributed by atoms with Gasteiger partial charge < -0.3 is 19.7 Å². The summed E-state index contributed by atoms with van der Waals surface area (Å²) in [6, 6.07) is 17.1. The number of carbonyl (C=O) groups is 1. The first kappa shape index (κ1) is 31.0. The third kappa shape index (κ3) is 11.2. The van der Waals surface area contributed by atoms with E-state index >= 15 is 0 Å². The Labute approximate surface area is 237 Å². The molecule has 1 amide bonds. The van der Waals surface area contributed by atoms with Gasteiger partial charge in [-0.05, 0) is 108 Å². The average molecular weight is 538 g/mol. The van der Waals surface area contributed by atoms with E-state index in [2.05, 4.69) is 70.6 Å². The Balaban J connectivity index is 1.35. The maximum Gasteiger partial charge on any atom is 0.407 e. The van der Waals surface area contributed by atoms with Crippen LogP contribution in [0.25, 0.3) is 0 Å². The second-order valence-electron chi connectivity index (χ2n) is 11.9. The lowest BCUT2D eigenvalue weighted by molar-refractivity contribution is 0.0521. The first-order chi connectivity index (χ1) is 18.7. The Hall–Kier alpha value is -2.57. The third-order valence-electron chi connectivity index (χ3n) is 7.62. The van der Waals surface area contributed by atoms with E-state index in [1.54, 1.807) is 7.11 Å². The summed E-state index contributed by atoms with van der Waals surface area (Å²) in [5, 5.41) is 2.92. The summed E-state index contributed by atoms with van der Waals surface area (Å²) in [5.74, 6) is 1.65. The summed E-state index contributed by atoms with van der Waals surface area (Å²) in [6.07, 6.45) is 7.02. The second-order valence-corrected chi connectivity index (χ2v) is 11.9. The number of amides is 1. The van der Waals surface area contributed by atoms with E-state index in [9.17, 15) is 4.79 Å². The molecule has 0 saturated carbocycles. The molecule has 6 nitrogen and oxygen atoms in total. The zero-order chi connectivity index (χ0) is 28.1. The highest BCUT2D eigenvalue weighted by Crippen LogP contribution is 2.34. The van der Waals surface area contributed by atoms with Crippen molar-refractivity contribution in [2.24, 2.45) is 0 Å². The van der Waals surface area contributed by atoms with E-state index in [4.69, 9.17) is 9.47 Å². The van der Waals surface area contributed by atoms with Crippen LogP contribution in [0, 0.1) is 6.92 Å². The monoisotopic (exact) mass is 537 g/mol. The standard InChI is InChI=1S/C33H51N3O3/c1-27-14-8-9-15-29(27)26-36(25-20-34-32(37)39-33(2,3)4)22-13-7-6-12-21-35-23-18-28(19-24-35)30-16-10-11-17-31(30)38-5/h8-11,14-17,28H,6-7,12-13,18-26H2,1-5H3,(H,34,37). The van der Waals surface area contributed by atoms with Crippen LogP contribution < -0.4 is 10.1 Å². The predicted molar refractivity (Wildman–Crippen MR) is 161 cm³/mol. The maximum absolute atomic E-state index is 12.1. The van der Waals surface area contributed by atoms with Crippen LogP contribution in [-0.4, -0.2) is 67.9 Å². The predicted octanol–water partition coefficient (Wildman–Crippen LogP) is 6.77. The molecular weight excluding hydrogens is 486 g/mol. The molecule has 2 aromatic carbocycles. The molecule has 0 bridgehead atoms. The van der Waals surface area contributed by atoms with Crippen molar-refractivity contribution in [3.05, 3.63) is 65.2 Å². The average Bonchev–Trinajstić information content (AvgIpc) is 2.91. The normalized spacial score (nSPS) is 14.9. The Kier molecular flexibility index (Phi) is 12.6. The number of hydrogen-bond acceptors (Lipinski definition) is 5. The zero-order valence-electron chi connectivity index (χ0n) is 25.0. The minimum Gasteiger partial charge on any atom is -0.496 e. The van der Waals surface area contributed by atoms with Crippen LogP contribution in [0.4, 0.5) is 4.79 Å². The lowest BCUT2D eigenvalue weighted by Crippen LogP contribution is -2.38. The molecule has 1 aliphatic rings. The summed E-state index contributed by atoms with van der Waals surface area (Å²) in [5.41, 5.74) is 3.57. The van der Waals surface area contributed by atoms with Crippen molar-refractivity contribution in [3.63, 3.8) is 0 Å². The molecular formula is C33H51N3O3. The fourth-order valence-corrected chi connectivity index (χ4v) is 5.42. The molecule has 3 rings (SSSR count). The molecule has 0 unspecified atom stereocenters. The minimum absolute atomic E-state index is 0.342. The van der Waals surface area contributed by atoms with Gasteiger partial charge in [0.2, 0.25) is 0 Å². The summed E-state index contributed by atoms with van der Waals surface area (Å²) in [4.78, 5) is 17.2. The fourth-order valence-electron chi connectivity index (χ4n) is 5.42. The van der Waals surface area contributed by atoms with Crippen LogP contribution in [0.15, 0.2) is 48.5 Å². The van der Waals surface area contributed by atoms with Crippen LogP contribution in [0.5, 0.6) is 5.75 Å². The van der Waals surface area contributed by atoms with E-state index in [1.165, 1.54) is 74.8 Å². The molecule has 1 aliphatic heterocycles. The van der Waals surface area contributed by atoms with E-state index in [1.807, 2.05) is 20.8 Å². The summed E-state index contributed by atoms with van der Waals surface area (Å²) in [6.45, 7) is 14.7. The molecule has 1 saturated heterocycles. The van der Waals surface area contributed by atoms with Gasteiger partial charge in [0.15, 0.2) is 0 Å². The number of hydrogen-bond donors (Lipinski definition) is 1. The van der Waals surface area contributed by atoms with Crippen LogP contribution in [0.2, 0.25) is 0 Å². The summed E-state index contributed by atoms with van der Waals surface area (Å²) >= 11 is 0. The number of nitrogens with zero attached hydrogens (tertiary/aromatic N) is 2. The molecule has 6 heteroatoms. The highest BCUT2D eigenvalue weighted by atomic mass is 16.6. The van der Waals surface area contributed by atoms with Gasteiger partial charge in [0.05, 0.1) is 7.11 Å². The Morgan fingerprint density at radius 3 is 2.38 bits per heavy atom. The largest absolute Gasteiger partial charge is 0.496 e. The van der Waals surface area contributed by atoms with Gasteiger partial charge in [-0.3, -0.25) is 4.90 Å². The van der Waals surface area contributed by atoms with Crippen molar-refractivity contribution in [2.45, 2.75) is 84.3 Å². The number of alkyl carbamates (subject to hydrolysis) is 1. The Morgan fingerprint density at radius 2 is 1.67 bits per heavy atom. The third-order valence-corrected chi connectivity index (χ3v) is 7.62. The summed E-state index contributed by atoms with van der Waals surface area (Å²) in [7, 11) is 1.77. The van der Waals surface area contributed by atoms with Crippen molar-refractivity contribution < 1.29 is 14.3 Å². The number of rotatable bonds is 14. The smallest absolute Gasteiger partial charge is 0.407 e. The number of para-hydroxylation sites is 1. The van der Waals surface area contributed by atoms with E-state index in [0.29, 0.717) is 12.5 Å². The second kappa shape index (κ2) is 15.9. The highest BCUT2D eigenvalue weighted by molar-refractivity contribution is 5.67. The van der Waals surface area contributed by atoms with Gasteiger partial charge in [-0.2, -0.15) is 0 Å². The van der Waals surface area contributed by atoms with Crippen molar-refractivity contribution in [1.82, 2.24) is 15.1 Å². The highest BCUT2D eigenvalue weighted by Gasteiger charge is 2.22. The lowest BCUT2D eigenvalue weighted by Gasteiger charge is -2.32. The number of carbonyl (C=O) groups excluding carboxylic acids is 1. The molecule has 1 fully saturated rings. The quantitative estimate of drug-likeness (QED) is 0.270. The van der Waals surface area contributed by atoms with Crippen molar-refractivity contribution in [1.29, 1.82) is 0 Å². The van der Waals surface area contributed by atoms with Gasteiger partial charge in [-0.25, -0.2) is 4.79 Å². The SMILES string of the molecule is COc1ccccc1C1CCN(CCCCCCN(CCNC(=O)OC(C)(C)C)Cc2ccccc2C)CC1. The number of unbranched alkanes of at least 4 members (excludes halogenated alkanes) is 3.